The highest BCUT2D eigenvalue weighted by Gasteiger charge is 2.32. The Morgan fingerprint density at radius 2 is 1.70 bits per heavy atom. The van der Waals surface area contributed by atoms with E-state index in [4.69, 9.17) is 4.74 Å². The standard InChI is InChI=1S/C25H25N3O4S/c1-3-32-20-15-13-19(14-16-20)25-17-24(26-28(25)18(2)29)22-11-7-8-12-23(22)27-33(30,31)21-9-5-4-6-10-21/h4-16,25,27H,3,17H2,1-2H3. The molecule has 3 aromatic rings. The highest BCUT2D eigenvalue weighted by molar-refractivity contribution is 7.92. The topological polar surface area (TPSA) is 88.1 Å². The van der Waals surface area contributed by atoms with Gasteiger partial charge in [0, 0.05) is 18.9 Å². The van der Waals surface area contributed by atoms with Crippen LogP contribution in [-0.4, -0.2) is 31.7 Å². The normalized spacial score (nSPS) is 15.8. The van der Waals surface area contributed by atoms with Gasteiger partial charge in [0.05, 0.1) is 28.9 Å². The van der Waals surface area contributed by atoms with Gasteiger partial charge in [-0.15, -0.1) is 0 Å². The van der Waals surface area contributed by atoms with Crippen LogP contribution in [0.5, 0.6) is 5.75 Å². The molecule has 0 spiro atoms. The Bertz CT molecular complexity index is 1270. The highest BCUT2D eigenvalue weighted by Crippen LogP contribution is 2.35. The van der Waals surface area contributed by atoms with Crippen molar-refractivity contribution in [1.82, 2.24) is 5.01 Å². The molecule has 170 valence electrons. The summed E-state index contributed by atoms with van der Waals surface area (Å²) in [6, 6.07) is 22.6. The minimum Gasteiger partial charge on any atom is -0.494 e. The Morgan fingerprint density at radius 1 is 1.03 bits per heavy atom. The monoisotopic (exact) mass is 463 g/mol. The molecule has 7 nitrogen and oxygen atoms in total. The Labute approximate surface area is 193 Å². The van der Waals surface area contributed by atoms with Gasteiger partial charge in [-0.25, -0.2) is 13.4 Å². The molecule has 4 rings (SSSR count). The van der Waals surface area contributed by atoms with Crippen LogP contribution in [0.15, 0.2) is 88.9 Å². The van der Waals surface area contributed by atoms with Gasteiger partial charge in [0.1, 0.15) is 5.75 Å². The molecule has 1 unspecified atom stereocenters. The summed E-state index contributed by atoms with van der Waals surface area (Å²) in [5.41, 5.74) is 2.61. The molecule has 0 fully saturated rings. The lowest BCUT2D eigenvalue weighted by Crippen LogP contribution is -2.24. The van der Waals surface area contributed by atoms with Crippen LogP contribution >= 0.6 is 0 Å². The zero-order valence-corrected chi connectivity index (χ0v) is 19.2. The average Bonchev–Trinajstić information content (AvgIpc) is 3.26. The number of hydrogen-bond donors (Lipinski definition) is 1. The summed E-state index contributed by atoms with van der Waals surface area (Å²) in [6.07, 6.45) is 0.456. The molecule has 0 aromatic heterocycles. The fourth-order valence-electron chi connectivity index (χ4n) is 3.80. The van der Waals surface area contributed by atoms with Crippen LogP contribution < -0.4 is 9.46 Å². The number of carbonyl (C=O) groups is 1. The molecule has 0 aliphatic carbocycles. The maximum absolute atomic E-state index is 12.9. The maximum Gasteiger partial charge on any atom is 0.261 e. The maximum atomic E-state index is 12.9. The molecule has 0 bridgehead atoms. The van der Waals surface area contributed by atoms with Gasteiger partial charge >= 0.3 is 0 Å². The lowest BCUT2D eigenvalue weighted by atomic mass is 9.97. The zero-order valence-electron chi connectivity index (χ0n) is 18.4. The number of ether oxygens (including phenoxy) is 1. The first kappa shape index (κ1) is 22.5. The third-order valence-electron chi connectivity index (χ3n) is 5.34. The van der Waals surface area contributed by atoms with E-state index in [0.29, 0.717) is 30.0 Å². The molecule has 1 aliphatic rings. The predicted molar refractivity (Wildman–Crippen MR) is 128 cm³/mol. The number of benzene rings is 3. The number of rotatable bonds is 7. The van der Waals surface area contributed by atoms with Crippen LogP contribution in [0.25, 0.3) is 0 Å². The quantitative estimate of drug-likeness (QED) is 0.555. The van der Waals surface area contributed by atoms with Crippen molar-refractivity contribution in [1.29, 1.82) is 0 Å². The van der Waals surface area contributed by atoms with Crippen molar-refractivity contribution in [2.24, 2.45) is 5.10 Å². The van der Waals surface area contributed by atoms with Crippen molar-refractivity contribution in [3.05, 3.63) is 90.0 Å². The Hall–Kier alpha value is -3.65. The molecule has 0 saturated carbocycles. The number of hydrazone groups is 1. The minimum atomic E-state index is -3.77. The van der Waals surface area contributed by atoms with Crippen LogP contribution in [0.4, 0.5) is 5.69 Å². The molecule has 1 heterocycles. The molecule has 1 N–H and O–H groups in total. The van der Waals surface area contributed by atoms with Gasteiger partial charge in [0.15, 0.2) is 0 Å². The number of carbonyl (C=O) groups excluding carboxylic acids is 1. The van der Waals surface area contributed by atoms with Gasteiger partial charge < -0.3 is 4.74 Å². The summed E-state index contributed by atoms with van der Waals surface area (Å²) in [7, 11) is -3.77. The van der Waals surface area contributed by atoms with Crippen LogP contribution in [0.1, 0.15) is 37.4 Å². The average molecular weight is 464 g/mol. The fourth-order valence-corrected chi connectivity index (χ4v) is 4.90. The van der Waals surface area contributed by atoms with Crippen molar-refractivity contribution in [2.45, 2.75) is 31.2 Å². The molecular formula is C25H25N3O4S. The zero-order chi connectivity index (χ0) is 23.4. The molecule has 0 radical (unpaired) electrons. The molecule has 33 heavy (non-hydrogen) atoms. The van der Waals surface area contributed by atoms with Gasteiger partial charge in [-0.2, -0.15) is 5.10 Å². The van der Waals surface area contributed by atoms with E-state index in [9.17, 15) is 13.2 Å². The number of amides is 1. The van der Waals surface area contributed by atoms with E-state index >= 15 is 0 Å². The van der Waals surface area contributed by atoms with Crippen LogP contribution in [-0.2, 0) is 14.8 Å². The molecule has 1 atom stereocenters. The van der Waals surface area contributed by atoms with E-state index < -0.39 is 10.0 Å². The van der Waals surface area contributed by atoms with Crippen LogP contribution in [0.2, 0.25) is 0 Å². The summed E-state index contributed by atoms with van der Waals surface area (Å²) >= 11 is 0. The van der Waals surface area contributed by atoms with Crippen molar-refractivity contribution < 1.29 is 17.9 Å². The minimum absolute atomic E-state index is 0.172. The highest BCUT2D eigenvalue weighted by atomic mass is 32.2. The van der Waals surface area contributed by atoms with Crippen LogP contribution in [0, 0.1) is 0 Å². The molecule has 1 aliphatic heterocycles. The first-order chi connectivity index (χ1) is 15.9. The van der Waals surface area contributed by atoms with E-state index in [1.807, 2.05) is 37.3 Å². The second-order valence-corrected chi connectivity index (χ2v) is 9.28. The van der Waals surface area contributed by atoms with Crippen molar-refractivity contribution in [3.8, 4) is 5.75 Å². The Morgan fingerprint density at radius 3 is 2.36 bits per heavy atom. The predicted octanol–water partition coefficient (Wildman–Crippen LogP) is 4.58. The van der Waals surface area contributed by atoms with Crippen LogP contribution in [0.3, 0.4) is 0 Å². The number of nitrogens with zero attached hydrogens (tertiary/aromatic N) is 2. The summed E-state index contributed by atoms with van der Waals surface area (Å²) in [5, 5.41) is 6.02. The third kappa shape index (κ3) is 4.90. The number of sulfonamides is 1. The molecule has 3 aromatic carbocycles. The number of para-hydroxylation sites is 1. The van der Waals surface area contributed by atoms with E-state index in [1.165, 1.54) is 24.1 Å². The second kappa shape index (κ2) is 9.46. The first-order valence-corrected chi connectivity index (χ1v) is 12.1. The summed E-state index contributed by atoms with van der Waals surface area (Å²) in [6.45, 7) is 3.97. The second-order valence-electron chi connectivity index (χ2n) is 7.60. The van der Waals surface area contributed by atoms with Gasteiger partial charge in [-0.1, -0.05) is 48.5 Å². The number of nitrogens with one attached hydrogen (secondary N) is 1. The molecular weight excluding hydrogens is 438 g/mol. The van der Waals surface area contributed by atoms with Gasteiger partial charge in [0.2, 0.25) is 5.91 Å². The lowest BCUT2D eigenvalue weighted by Gasteiger charge is -2.20. The Balaban J connectivity index is 1.64. The molecule has 0 saturated heterocycles. The van der Waals surface area contributed by atoms with Gasteiger partial charge in [0.25, 0.3) is 10.0 Å². The number of anilines is 1. The van der Waals surface area contributed by atoms with E-state index in [-0.39, 0.29) is 16.8 Å². The summed E-state index contributed by atoms with van der Waals surface area (Å²) in [5.74, 6) is 0.571. The van der Waals surface area contributed by atoms with E-state index in [0.717, 1.165) is 11.3 Å². The molecule has 1 amide bonds. The lowest BCUT2D eigenvalue weighted by molar-refractivity contribution is -0.130. The number of hydrogen-bond acceptors (Lipinski definition) is 5. The first-order valence-electron chi connectivity index (χ1n) is 10.7. The largest absolute Gasteiger partial charge is 0.494 e. The summed E-state index contributed by atoms with van der Waals surface area (Å²) in [4.78, 5) is 12.5. The van der Waals surface area contributed by atoms with Gasteiger partial charge in [-0.05, 0) is 42.8 Å². The smallest absolute Gasteiger partial charge is 0.261 e. The van der Waals surface area contributed by atoms with E-state index in [1.54, 1.807) is 36.4 Å². The third-order valence-corrected chi connectivity index (χ3v) is 6.73. The van der Waals surface area contributed by atoms with Crippen molar-refractivity contribution >= 4 is 27.3 Å². The van der Waals surface area contributed by atoms with Crippen molar-refractivity contribution in [2.75, 3.05) is 11.3 Å². The van der Waals surface area contributed by atoms with Gasteiger partial charge in [-0.3, -0.25) is 9.52 Å². The SMILES string of the molecule is CCOc1ccc(C2CC(c3ccccc3NS(=O)(=O)c3ccccc3)=NN2C(C)=O)cc1. The van der Waals surface area contributed by atoms with E-state index in [2.05, 4.69) is 9.82 Å². The fraction of sp³-hybridized carbons (Fsp3) is 0.200. The Kier molecular flexibility index (Phi) is 6.46. The van der Waals surface area contributed by atoms with Crippen molar-refractivity contribution in [3.63, 3.8) is 0 Å². The summed E-state index contributed by atoms with van der Waals surface area (Å²) < 4.78 is 34.0. The molecule has 8 heteroatoms.